The highest BCUT2D eigenvalue weighted by molar-refractivity contribution is 6.35. The van der Waals surface area contributed by atoms with Crippen LogP contribution in [0, 0.1) is 16.7 Å². The number of hydrogen-bond donors (Lipinski definition) is 1. The van der Waals surface area contributed by atoms with Crippen LogP contribution >= 0.6 is 23.2 Å². The van der Waals surface area contributed by atoms with E-state index in [1.165, 1.54) is 6.20 Å². The second-order valence-electron chi connectivity index (χ2n) is 15.9. The molecule has 10 nitrogen and oxygen atoms in total. The van der Waals surface area contributed by atoms with Crippen molar-refractivity contribution in [2.75, 3.05) is 39.3 Å². The van der Waals surface area contributed by atoms with Gasteiger partial charge in [-0.25, -0.2) is 4.39 Å². The van der Waals surface area contributed by atoms with Crippen molar-refractivity contribution in [1.82, 2.24) is 20.1 Å². The van der Waals surface area contributed by atoms with Crippen molar-refractivity contribution >= 4 is 35.0 Å². The number of halogens is 3. The molecule has 8 rings (SSSR count). The van der Waals surface area contributed by atoms with Crippen molar-refractivity contribution < 1.29 is 28.2 Å². The van der Waals surface area contributed by atoms with E-state index in [-0.39, 0.29) is 30.9 Å². The standard InChI is InChI=1S/C44H44Cl2FN5O5/c1-43(47)11-14-51(15-12-43)13-4-16-55-37-8-3-7-34(41(37)46)31-5-2-6-33-32(31)9-10-36(33)57-39-19-38(56-25-29-17-28(21-48)22-49-23-29)30(18-35(39)45)24-52-26-44(27-52)20-40(53)50-42(44)54/h2-3,5-8,17-19,22-23,36H,4,9-16,20,24-27H2,1H3,(H,50,53,54)/t36-/m0/s1. The molecule has 1 aromatic heterocycles. The van der Waals surface area contributed by atoms with Crippen molar-refractivity contribution in [3.8, 4) is 34.4 Å². The van der Waals surface area contributed by atoms with Gasteiger partial charge in [0.2, 0.25) is 11.8 Å². The van der Waals surface area contributed by atoms with E-state index in [9.17, 15) is 19.2 Å². The summed E-state index contributed by atoms with van der Waals surface area (Å²) >= 11 is 14.0. The molecular formula is C44H44Cl2FN5O5. The highest BCUT2D eigenvalue weighted by Gasteiger charge is 2.54. The van der Waals surface area contributed by atoms with Gasteiger partial charge in [0.1, 0.15) is 41.7 Å². The summed E-state index contributed by atoms with van der Waals surface area (Å²) in [5.74, 6) is 1.20. The summed E-state index contributed by atoms with van der Waals surface area (Å²) in [6.07, 6.45) is 6.54. The minimum Gasteiger partial charge on any atom is -0.492 e. The van der Waals surface area contributed by atoms with Gasteiger partial charge in [0, 0.05) is 80.8 Å². The lowest BCUT2D eigenvalue weighted by atomic mass is 9.78. The van der Waals surface area contributed by atoms with Gasteiger partial charge in [-0.15, -0.1) is 0 Å². The predicted molar refractivity (Wildman–Crippen MR) is 214 cm³/mol. The molecule has 2 amide bonds. The Bertz CT molecular complexity index is 2230. The molecule has 3 aromatic carbocycles. The molecule has 13 heteroatoms. The summed E-state index contributed by atoms with van der Waals surface area (Å²) in [7, 11) is 0. The van der Waals surface area contributed by atoms with Gasteiger partial charge in [-0.3, -0.25) is 24.8 Å². The van der Waals surface area contributed by atoms with Crippen molar-refractivity contribution in [2.24, 2.45) is 5.41 Å². The number of hydrogen-bond acceptors (Lipinski definition) is 9. The van der Waals surface area contributed by atoms with Gasteiger partial charge in [-0.2, -0.15) is 5.26 Å². The number of nitriles is 1. The van der Waals surface area contributed by atoms with Crippen LogP contribution in [-0.2, 0) is 29.2 Å². The maximum absolute atomic E-state index is 14.2. The minimum absolute atomic E-state index is 0.162. The highest BCUT2D eigenvalue weighted by atomic mass is 35.5. The predicted octanol–water partition coefficient (Wildman–Crippen LogP) is 8.01. The van der Waals surface area contributed by atoms with Gasteiger partial charge < -0.3 is 19.1 Å². The molecule has 4 aliphatic rings. The Morgan fingerprint density at radius 1 is 0.982 bits per heavy atom. The first kappa shape index (κ1) is 39.1. The van der Waals surface area contributed by atoms with Gasteiger partial charge in [-0.05, 0) is 73.9 Å². The molecule has 3 fully saturated rings. The van der Waals surface area contributed by atoms with Crippen LogP contribution < -0.4 is 19.5 Å². The third kappa shape index (κ3) is 8.46. The zero-order valence-corrected chi connectivity index (χ0v) is 33.3. The number of piperidine rings is 1. The number of imide groups is 1. The number of nitrogens with one attached hydrogen (secondary N) is 1. The smallest absolute Gasteiger partial charge is 0.235 e. The second-order valence-corrected chi connectivity index (χ2v) is 16.7. The summed E-state index contributed by atoms with van der Waals surface area (Å²) in [4.78, 5) is 33.0. The summed E-state index contributed by atoms with van der Waals surface area (Å²) in [6.45, 7) is 6.12. The lowest BCUT2D eigenvalue weighted by Crippen LogP contribution is -2.59. The molecular weight excluding hydrogens is 768 g/mol. The van der Waals surface area contributed by atoms with Gasteiger partial charge in [-0.1, -0.05) is 53.5 Å². The molecule has 0 radical (unpaired) electrons. The number of ether oxygens (including phenoxy) is 3. The summed E-state index contributed by atoms with van der Waals surface area (Å²) in [5.41, 5.74) is 4.36. The van der Waals surface area contributed by atoms with Crippen LogP contribution in [0.25, 0.3) is 11.1 Å². The SMILES string of the molecule is CC1(F)CCN(CCCOc2cccc(-c3cccc4c3CC[C@@H]4Oc3cc(OCc4cncc(C#N)c4)c(CN4CC5(CC(=O)NC5=O)C4)cc3Cl)c2Cl)CC1. The molecule has 4 heterocycles. The van der Waals surface area contributed by atoms with E-state index < -0.39 is 11.1 Å². The molecule has 1 atom stereocenters. The van der Waals surface area contributed by atoms with Crippen LogP contribution in [0.5, 0.6) is 17.2 Å². The van der Waals surface area contributed by atoms with Crippen molar-refractivity contribution in [3.63, 3.8) is 0 Å². The van der Waals surface area contributed by atoms with E-state index in [0.29, 0.717) is 71.9 Å². The summed E-state index contributed by atoms with van der Waals surface area (Å²) < 4.78 is 33.4. The molecule has 296 valence electrons. The number of rotatable bonds is 13. The Kier molecular flexibility index (Phi) is 11.2. The first-order valence-electron chi connectivity index (χ1n) is 19.5. The van der Waals surface area contributed by atoms with E-state index >= 15 is 0 Å². The normalized spacial score (nSPS) is 19.8. The van der Waals surface area contributed by atoms with Crippen molar-refractivity contribution in [2.45, 2.75) is 70.4 Å². The van der Waals surface area contributed by atoms with E-state index in [1.807, 2.05) is 36.4 Å². The van der Waals surface area contributed by atoms with Crippen LogP contribution in [0.15, 0.2) is 67.0 Å². The van der Waals surface area contributed by atoms with Gasteiger partial charge in [0.25, 0.3) is 0 Å². The number of likely N-dealkylation sites (tertiary alicyclic amines) is 2. The fourth-order valence-electron chi connectivity index (χ4n) is 8.51. The quantitative estimate of drug-likeness (QED) is 0.106. The Morgan fingerprint density at radius 2 is 1.77 bits per heavy atom. The average Bonchev–Trinajstić information content (AvgIpc) is 3.73. The largest absolute Gasteiger partial charge is 0.492 e. The third-order valence-electron chi connectivity index (χ3n) is 11.6. The second kappa shape index (κ2) is 16.3. The van der Waals surface area contributed by atoms with Gasteiger partial charge >= 0.3 is 0 Å². The molecule has 57 heavy (non-hydrogen) atoms. The first-order valence-corrected chi connectivity index (χ1v) is 20.2. The van der Waals surface area contributed by atoms with Crippen molar-refractivity contribution in [1.29, 1.82) is 5.26 Å². The first-order chi connectivity index (χ1) is 27.5. The van der Waals surface area contributed by atoms with Crippen molar-refractivity contribution in [3.05, 3.63) is 105 Å². The zero-order valence-electron chi connectivity index (χ0n) is 31.8. The van der Waals surface area contributed by atoms with Crippen LogP contribution in [0.2, 0.25) is 10.0 Å². The van der Waals surface area contributed by atoms with E-state index in [1.54, 1.807) is 19.2 Å². The fraction of sp³-hybridized carbons (Fsp3) is 0.409. The zero-order chi connectivity index (χ0) is 39.7. The van der Waals surface area contributed by atoms with Crippen LogP contribution in [-0.4, -0.2) is 71.6 Å². The lowest BCUT2D eigenvalue weighted by Gasteiger charge is -2.45. The Labute approximate surface area is 341 Å². The average molecular weight is 813 g/mol. The van der Waals surface area contributed by atoms with Crippen LogP contribution in [0.4, 0.5) is 4.39 Å². The number of aromatic nitrogens is 1. The van der Waals surface area contributed by atoms with E-state index in [4.69, 9.17) is 37.4 Å². The number of fused-ring (bicyclic) bond motifs is 1. The molecule has 0 bridgehead atoms. The van der Waals surface area contributed by atoms with Gasteiger partial charge in [0.15, 0.2) is 0 Å². The number of alkyl halides is 1. The monoisotopic (exact) mass is 811 g/mol. The number of amides is 2. The molecule has 1 spiro atoms. The lowest BCUT2D eigenvalue weighted by molar-refractivity contribution is -0.137. The third-order valence-corrected chi connectivity index (χ3v) is 12.3. The topological polar surface area (TPSA) is 117 Å². The van der Waals surface area contributed by atoms with E-state index in [0.717, 1.165) is 72.3 Å². The minimum atomic E-state index is -1.06. The number of carbonyl (C=O) groups excluding carboxylic acids is 2. The van der Waals surface area contributed by atoms with Crippen LogP contribution in [0.3, 0.4) is 0 Å². The number of benzene rings is 3. The highest BCUT2D eigenvalue weighted by Crippen LogP contribution is 2.46. The van der Waals surface area contributed by atoms with E-state index in [2.05, 4.69) is 38.3 Å². The maximum atomic E-state index is 14.2. The van der Waals surface area contributed by atoms with Gasteiger partial charge in [0.05, 0.1) is 27.6 Å². The molecule has 4 aromatic rings. The Hall–Kier alpha value is -4.73. The molecule has 0 saturated carbocycles. The molecule has 3 aliphatic heterocycles. The maximum Gasteiger partial charge on any atom is 0.235 e. The fourth-order valence-corrected chi connectivity index (χ4v) is 9.02. The molecule has 1 N–H and O–H groups in total. The van der Waals surface area contributed by atoms with Crippen LogP contribution in [0.1, 0.15) is 72.9 Å². The Morgan fingerprint density at radius 3 is 2.54 bits per heavy atom. The summed E-state index contributed by atoms with van der Waals surface area (Å²) in [6, 6.07) is 19.5. The Balaban J connectivity index is 0.975. The number of pyridine rings is 1. The molecule has 3 saturated heterocycles. The number of carbonyl (C=O) groups is 2. The molecule has 0 unspecified atom stereocenters. The summed E-state index contributed by atoms with van der Waals surface area (Å²) in [5, 5.41) is 12.8. The number of nitrogens with zero attached hydrogens (tertiary/aromatic N) is 4. The molecule has 1 aliphatic carbocycles.